The van der Waals surface area contributed by atoms with E-state index >= 15 is 0 Å². The maximum atomic E-state index is 13.2. The summed E-state index contributed by atoms with van der Waals surface area (Å²) in [5, 5.41) is 2.72. The molecule has 1 N–H and O–H groups in total. The van der Waals surface area contributed by atoms with Crippen LogP contribution in [0.5, 0.6) is 0 Å². The van der Waals surface area contributed by atoms with E-state index < -0.39 is 23.7 Å². The highest BCUT2D eigenvalue weighted by molar-refractivity contribution is 6.39. The third-order valence-electron chi connectivity index (χ3n) is 4.36. The summed E-state index contributed by atoms with van der Waals surface area (Å²) in [6, 6.07) is 14.5. The van der Waals surface area contributed by atoms with Crippen LogP contribution in [-0.2, 0) is 9.59 Å². The molecule has 0 unspecified atom stereocenters. The number of aromatic nitrogens is 1. The molecule has 144 valence electrons. The maximum absolute atomic E-state index is 13.2. The molecule has 1 aliphatic heterocycles. The first-order chi connectivity index (χ1) is 13.9. The standard InChI is InChI=1S/C21H13ClFN3O3/c22-13-3-7-15(8-4-13)25-11-1-2-17(25)12-18-19(27)24-21(29)26(20(18)28)16-9-5-14(23)6-10-16/h1-12H,(H,24,27,29)/b18-12+. The number of nitrogens with one attached hydrogen (secondary N) is 1. The van der Waals surface area contributed by atoms with Gasteiger partial charge in [0.1, 0.15) is 11.4 Å². The molecule has 1 saturated heterocycles. The van der Waals surface area contributed by atoms with Crippen LogP contribution in [-0.4, -0.2) is 22.4 Å². The van der Waals surface area contributed by atoms with Gasteiger partial charge in [-0.1, -0.05) is 11.6 Å². The van der Waals surface area contributed by atoms with Crippen LogP contribution >= 0.6 is 11.6 Å². The molecule has 1 aromatic heterocycles. The molecule has 1 fully saturated rings. The first kappa shape index (κ1) is 18.6. The van der Waals surface area contributed by atoms with E-state index in [1.807, 2.05) is 0 Å². The minimum absolute atomic E-state index is 0.153. The molecule has 0 atom stereocenters. The van der Waals surface area contributed by atoms with Crippen molar-refractivity contribution in [1.29, 1.82) is 0 Å². The average Bonchev–Trinajstić information content (AvgIpc) is 3.15. The van der Waals surface area contributed by atoms with Crippen LogP contribution in [0.15, 0.2) is 72.4 Å². The van der Waals surface area contributed by atoms with Crippen molar-refractivity contribution in [3.63, 3.8) is 0 Å². The SMILES string of the molecule is O=C1NC(=O)N(c2ccc(F)cc2)C(=O)/C1=C/c1cccn1-c1ccc(Cl)cc1. The topological polar surface area (TPSA) is 71.4 Å². The largest absolute Gasteiger partial charge is 0.335 e. The molecule has 0 aliphatic carbocycles. The normalized spacial score (nSPS) is 15.7. The number of amides is 4. The first-order valence-electron chi connectivity index (χ1n) is 8.54. The lowest BCUT2D eigenvalue weighted by atomic mass is 10.1. The van der Waals surface area contributed by atoms with Crippen LogP contribution < -0.4 is 10.2 Å². The number of nitrogens with zero attached hydrogens (tertiary/aromatic N) is 2. The summed E-state index contributed by atoms with van der Waals surface area (Å²) in [6.07, 6.45) is 3.17. The van der Waals surface area contributed by atoms with Crippen molar-refractivity contribution in [2.24, 2.45) is 0 Å². The highest BCUT2D eigenvalue weighted by Crippen LogP contribution is 2.23. The van der Waals surface area contributed by atoms with Gasteiger partial charge in [0.15, 0.2) is 0 Å². The summed E-state index contributed by atoms with van der Waals surface area (Å²) < 4.78 is 15.0. The van der Waals surface area contributed by atoms with Crippen LogP contribution in [0.4, 0.5) is 14.9 Å². The summed E-state index contributed by atoms with van der Waals surface area (Å²) in [5.41, 5.74) is 1.27. The number of anilines is 1. The van der Waals surface area contributed by atoms with Gasteiger partial charge in [0.2, 0.25) is 0 Å². The van der Waals surface area contributed by atoms with Gasteiger partial charge in [-0.2, -0.15) is 0 Å². The molecule has 1 aliphatic rings. The summed E-state index contributed by atoms with van der Waals surface area (Å²) in [6.45, 7) is 0. The van der Waals surface area contributed by atoms with Gasteiger partial charge in [0.25, 0.3) is 11.8 Å². The van der Waals surface area contributed by atoms with Gasteiger partial charge in [-0.25, -0.2) is 14.1 Å². The van der Waals surface area contributed by atoms with Crippen molar-refractivity contribution in [3.05, 3.63) is 89.0 Å². The Labute approximate surface area is 169 Å². The molecule has 8 heteroatoms. The Morgan fingerprint density at radius 1 is 0.897 bits per heavy atom. The second kappa shape index (κ2) is 7.37. The maximum Gasteiger partial charge on any atom is 0.335 e. The van der Waals surface area contributed by atoms with Crippen molar-refractivity contribution >= 4 is 41.2 Å². The minimum Gasteiger partial charge on any atom is -0.317 e. The number of hydrogen-bond acceptors (Lipinski definition) is 3. The fourth-order valence-corrected chi connectivity index (χ4v) is 3.10. The Hall–Kier alpha value is -3.71. The van der Waals surface area contributed by atoms with Crippen LogP contribution in [0, 0.1) is 5.82 Å². The Morgan fingerprint density at radius 3 is 2.24 bits per heavy atom. The third kappa shape index (κ3) is 3.55. The number of rotatable bonds is 3. The zero-order valence-corrected chi connectivity index (χ0v) is 15.6. The highest BCUT2D eigenvalue weighted by atomic mass is 35.5. The number of benzene rings is 2. The highest BCUT2D eigenvalue weighted by Gasteiger charge is 2.37. The van der Waals surface area contributed by atoms with Gasteiger partial charge in [-0.05, 0) is 66.7 Å². The van der Waals surface area contributed by atoms with Crippen LogP contribution in [0.1, 0.15) is 5.69 Å². The Balaban J connectivity index is 1.73. The van der Waals surface area contributed by atoms with Gasteiger partial charge in [0.05, 0.1) is 5.69 Å². The zero-order chi connectivity index (χ0) is 20.5. The molecular weight excluding hydrogens is 397 g/mol. The number of imide groups is 2. The van der Waals surface area contributed by atoms with Crippen molar-refractivity contribution < 1.29 is 18.8 Å². The summed E-state index contributed by atoms with van der Waals surface area (Å²) in [5.74, 6) is -2.11. The lowest BCUT2D eigenvalue weighted by Gasteiger charge is -2.26. The number of barbiturate groups is 1. The molecule has 0 bridgehead atoms. The molecule has 0 spiro atoms. The van der Waals surface area contributed by atoms with Gasteiger partial charge >= 0.3 is 6.03 Å². The number of carbonyl (C=O) groups is 3. The average molecular weight is 410 g/mol. The summed E-state index contributed by atoms with van der Waals surface area (Å²) in [7, 11) is 0. The first-order valence-corrected chi connectivity index (χ1v) is 8.92. The van der Waals surface area contributed by atoms with Gasteiger partial charge in [-0.3, -0.25) is 14.9 Å². The predicted molar refractivity (Wildman–Crippen MR) is 106 cm³/mol. The van der Waals surface area contributed by atoms with Gasteiger partial charge < -0.3 is 4.57 Å². The van der Waals surface area contributed by atoms with E-state index in [4.69, 9.17) is 11.6 Å². The van der Waals surface area contributed by atoms with Crippen molar-refractivity contribution in [2.45, 2.75) is 0 Å². The molecule has 0 radical (unpaired) electrons. The van der Waals surface area contributed by atoms with E-state index in [0.717, 1.165) is 22.7 Å². The van der Waals surface area contributed by atoms with E-state index in [1.54, 1.807) is 47.2 Å². The summed E-state index contributed by atoms with van der Waals surface area (Å²) >= 11 is 5.92. The molecule has 2 aromatic carbocycles. The molecule has 0 saturated carbocycles. The van der Waals surface area contributed by atoms with Crippen molar-refractivity contribution in [3.8, 4) is 5.69 Å². The van der Waals surface area contributed by atoms with Crippen LogP contribution in [0.25, 0.3) is 11.8 Å². The number of carbonyl (C=O) groups excluding carboxylic acids is 3. The number of halogens is 2. The van der Waals surface area contributed by atoms with Crippen LogP contribution in [0.3, 0.4) is 0 Å². The number of hydrogen-bond donors (Lipinski definition) is 1. The minimum atomic E-state index is -0.892. The van der Waals surface area contributed by atoms with E-state index in [0.29, 0.717) is 10.7 Å². The van der Waals surface area contributed by atoms with E-state index in [-0.39, 0.29) is 11.3 Å². The van der Waals surface area contributed by atoms with Gasteiger partial charge in [-0.15, -0.1) is 0 Å². The molecule has 4 amide bonds. The molecule has 3 aromatic rings. The van der Waals surface area contributed by atoms with Crippen molar-refractivity contribution in [2.75, 3.05) is 4.90 Å². The van der Waals surface area contributed by atoms with E-state index in [9.17, 15) is 18.8 Å². The lowest BCUT2D eigenvalue weighted by molar-refractivity contribution is -0.122. The summed E-state index contributed by atoms with van der Waals surface area (Å²) in [4.78, 5) is 38.2. The monoisotopic (exact) mass is 409 g/mol. The molecule has 2 heterocycles. The Morgan fingerprint density at radius 2 is 1.55 bits per heavy atom. The van der Waals surface area contributed by atoms with E-state index in [2.05, 4.69) is 5.32 Å². The Kier molecular flexibility index (Phi) is 4.74. The lowest BCUT2D eigenvalue weighted by Crippen LogP contribution is -2.54. The fraction of sp³-hybridized carbons (Fsp3) is 0. The predicted octanol–water partition coefficient (Wildman–Crippen LogP) is 3.94. The molecule has 6 nitrogen and oxygen atoms in total. The molecule has 4 rings (SSSR count). The molecule has 29 heavy (non-hydrogen) atoms. The van der Waals surface area contributed by atoms with E-state index in [1.165, 1.54) is 18.2 Å². The molecular formula is C21H13ClFN3O3. The number of urea groups is 1. The second-order valence-electron chi connectivity index (χ2n) is 6.21. The Bertz CT molecular complexity index is 1150. The quantitative estimate of drug-likeness (QED) is 0.526. The smallest absolute Gasteiger partial charge is 0.317 e. The third-order valence-corrected chi connectivity index (χ3v) is 4.62. The zero-order valence-electron chi connectivity index (χ0n) is 14.8. The van der Waals surface area contributed by atoms with Gasteiger partial charge in [0, 0.05) is 22.6 Å². The fourth-order valence-electron chi connectivity index (χ4n) is 2.98. The second-order valence-corrected chi connectivity index (χ2v) is 6.65. The van der Waals surface area contributed by atoms with Crippen molar-refractivity contribution in [1.82, 2.24) is 9.88 Å². The van der Waals surface area contributed by atoms with Crippen LogP contribution in [0.2, 0.25) is 5.02 Å².